The van der Waals surface area contributed by atoms with Crippen molar-refractivity contribution in [1.29, 1.82) is 0 Å². The quantitative estimate of drug-likeness (QED) is 0.662. The van der Waals surface area contributed by atoms with Crippen molar-refractivity contribution in [3.8, 4) is 0 Å². The standard InChI is InChI=1S/C15H23N3O4S/c1-11-9-18(10-12(2)22-11)8-7-15(19)17-13-3-5-14(6-4-13)23(16,20)21/h3-6,11-12H,7-10H2,1-2H3,(H,17,19)(H2,16,20,21)/p+1/t11-,12+. The molecule has 1 amide bonds. The Balaban J connectivity index is 1.83. The Bertz CT molecular complexity index is 635. The second-order valence-electron chi connectivity index (χ2n) is 6.03. The van der Waals surface area contributed by atoms with Gasteiger partial charge in [-0.3, -0.25) is 4.79 Å². The van der Waals surface area contributed by atoms with Crippen LogP contribution in [-0.2, 0) is 19.6 Å². The summed E-state index contributed by atoms with van der Waals surface area (Å²) in [6, 6.07) is 5.82. The van der Waals surface area contributed by atoms with Crippen molar-refractivity contribution in [2.45, 2.75) is 37.4 Å². The molecule has 0 aromatic heterocycles. The van der Waals surface area contributed by atoms with Crippen molar-refractivity contribution in [2.75, 3.05) is 25.0 Å². The molecule has 1 aromatic carbocycles. The molecule has 0 radical (unpaired) electrons. The maximum absolute atomic E-state index is 12.0. The van der Waals surface area contributed by atoms with Crippen LogP contribution in [0.15, 0.2) is 29.2 Å². The van der Waals surface area contributed by atoms with Crippen LogP contribution in [0.25, 0.3) is 0 Å². The van der Waals surface area contributed by atoms with Gasteiger partial charge in [-0.2, -0.15) is 0 Å². The smallest absolute Gasteiger partial charge is 0.238 e. The van der Waals surface area contributed by atoms with Crippen LogP contribution < -0.4 is 15.4 Å². The first kappa shape index (κ1) is 17.9. The molecule has 8 heteroatoms. The fourth-order valence-electron chi connectivity index (χ4n) is 2.84. The lowest BCUT2D eigenvalue weighted by Gasteiger charge is -2.32. The first-order valence-electron chi connectivity index (χ1n) is 7.66. The lowest BCUT2D eigenvalue weighted by molar-refractivity contribution is -0.914. The number of ether oxygens (including phenoxy) is 1. The molecular weight excluding hydrogens is 318 g/mol. The number of benzene rings is 1. The number of amides is 1. The van der Waals surface area contributed by atoms with Crippen LogP contribution in [0.5, 0.6) is 0 Å². The van der Waals surface area contributed by atoms with E-state index < -0.39 is 10.0 Å². The normalized spacial score (nSPS) is 25.1. The lowest BCUT2D eigenvalue weighted by Crippen LogP contribution is -3.15. The summed E-state index contributed by atoms with van der Waals surface area (Å²) in [4.78, 5) is 13.4. The Hall–Kier alpha value is -1.48. The molecule has 1 saturated heterocycles. The number of quaternary nitrogens is 1. The Morgan fingerprint density at radius 3 is 2.35 bits per heavy atom. The van der Waals surface area contributed by atoms with Crippen LogP contribution in [0, 0.1) is 0 Å². The fourth-order valence-corrected chi connectivity index (χ4v) is 3.35. The predicted molar refractivity (Wildman–Crippen MR) is 86.6 cm³/mol. The summed E-state index contributed by atoms with van der Waals surface area (Å²) in [5.74, 6) is -0.0901. The first-order chi connectivity index (χ1) is 10.7. The SMILES string of the molecule is C[C@@H]1C[NH+](CCC(=O)Nc2ccc(S(N)(=O)=O)cc2)C[C@H](C)O1. The third kappa shape index (κ3) is 5.58. The predicted octanol–water partition coefficient (Wildman–Crippen LogP) is -0.645. The molecule has 1 heterocycles. The molecule has 7 nitrogen and oxygen atoms in total. The van der Waals surface area contributed by atoms with Crippen LogP contribution >= 0.6 is 0 Å². The van der Waals surface area contributed by atoms with Gasteiger partial charge in [0.05, 0.1) is 17.9 Å². The molecule has 1 unspecified atom stereocenters. The van der Waals surface area contributed by atoms with Crippen LogP contribution in [0.1, 0.15) is 20.3 Å². The summed E-state index contributed by atoms with van der Waals surface area (Å²) >= 11 is 0. The largest absolute Gasteiger partial charge is 0.364 e. The van der Waals surface area contributed by atoms with E-state index >= 15 is 0 Å². The Kier molecular flexibility index (Phi) is 5.74. The molecule has 4 N–H and O–H groups in total. The lowest BCUT2D eigenvalue weighted by atomic mass is 10.2. The number of hydrogen-bond donors (Lipinski definition) is 3. The van der Waals surface area contributed by atoms with Crippen molar-refractivity contribution >= 4 is 21.6 Å². The average molecular weight is 342 g/mol. The molecule has 3 atom stereocenters. The summed E-state index contributed by atoms with van der Waals surface area (Å²) in [6.45, 7) is 6.64. The number of carbonyl (C=O) groups is 1. The zero-order valence-corrected chi connectivity index (χ0v) is 14.2. The molecule has 0 bridgehead atoms. The second kappa shape index (κ2) is 7.39. The molecule has 0 aliphatic carbocycles. The van der Waals surface area contributed by atoms with Gasteiger partial charge in [-0.05, 0) is 38.1 Å². The van der Waals surface area contributed by atoms with E-state index in [1.54, 1.807) is 0 Å². The van der Waals surface area contributed by atoms with E-state index in [1.165, 1.54) is 29.2 Å². The summed E-state index contributed by atoms with van der Waals surface area (Å²) in [5, 5.41) is 7.80. The van der Waals surface area contributed by atoms with Gasteiger partial charge in [-0.1, -0.05) is 0 Å². The summed E-state index contributed by atoms with van der Waals surface area (Å²) in [6.07, 6.45) is 0.830. The number of sulfonamides is 1. The third-order valence-corrected chi connectivity index (χ3v) is 4.72. The van der Waals surface area contributed by atoms with Crippen molar-refractivity contribution in [2.24, 2.45) is 5.14 Å². The van der Waals surface area contributed by atoms with E-state index in [1.807, 2.05) is 13.8 Å². The van der Waals surface area contributed by atoms with E-state index in [4.69, 9.17) is 9.88 Å². The van der Waals surface area contributed by atoms with E-state index in [9.17, 15) is 13.2 Å². The van der Waals surface area contributed by atoms with Gasteiger partial charge < -0.3 is 15.0 Å². The van der Waals surface area contributed by atoms with Gasteiger partial charge in [-0.25, -0.2) is 13.6 Å². The number of anilines is 1. The zero-order valence-electron chi connectivity index (χ0n) is 13.4. The van der Waals surface area contributed by atoms with Crippen LogP contribution in [0.2, 0.25) is 0 Å². The number of nitrogens with two attached hydrogens (primary N) is 1. The minimum Gasteiger partial charge on any atom is -0.364 e. The first-order valence-corrected chi connectivity index (χ1v) is 9.20. The monoisotopic (exact) mass is 342 g/mol. The minimum absolute atomic E-state index is 0.0243. The van der Waals surface area contributed by atoms with Crippen molar-refractivity contribution in [1.82, 2.24) is 0 Å². The van der Waals surface area contributed by atoms with Gasteiger partial charge >= 0.3 is 0 Å². The van der Waals surface area contributed by atoms with E-state index in [2.05, 4.69) is 5.32 Å². The zero-order chi connectivity index (χ0) is 17.0. The Morgan fingerprint density at radius 1 is 1.26 bits per heavy atom. The number of rotatable bonds is 5. The highest BCUT2D eigenvalue weighted by atomic mass is 32.2. The summed E-state index contributed by atoms with van der Waals surface area (Å²) in [7, 11) is -3.71. The number of carbonyl (C=O) groups excluding carboxylic acids is 1. The van der Waals surface area contributed by atoms with Crippen LogP contribution in [0.3, 0.4) is 0 Å². The fraction of sp³-hybridized carbons (Fsp3) is 0.533. The summed E-state index contributed by atoms with van der Waals surface area (Å²) in [5.41, 5.74) is 0.557. The third-order valence-electron chi connectivity index (χ3n) is 3.79. The van der Waals surface area contributed by atoms with E-state index in [0.29, 0.717) is 12.1 Å². The van der Waals surface area contributed by atoms with Gasteiger partial charge in [-0.15, -0.1) is 0 Å². The molecule has 128 valence electrons. The van der Waals surface area contributed by atoms with Gasteiger partial charge in [0.25, 0.3) is 0 Å². The molecule has 1 aliphatic heterocycles. The molecule has 23 heavy (non-hydrogen) atoms. The van der Waals surface area contributed by atoms with Gasteiger partial charge in [0.2, 0.25) is 15.9 Å². The molecule has 1 aliphatic rings. The number of hydrogen-bond acceptors (Lipinski definition) is 4. The summed E-state index contributed by atoms with van der Waals surface area (Å²) < 4.78 is 28.0. The number of nitrogens with one attached hydrogen (secondary N) is 2. The number of morpholine rings is 1. The number of primary sulfonamides is 1. The van der Waals surface area contributed by atoms with Crippen molar-refractivity contribution in [3.05, 3.63) is 24.3 Å². The molecule has 0 saturated carbocycles. The van der Waals surface area contributed by atoms with Crippen molar-refractivity contribution in [3.63, 3.8) is 0 Å². The van der Waals surface area contributed by atoms with E-state index in [0.717, 1.165) is 19.6 Å². The molecule has 2 rings (SSSR count). The van der Waals surface area contributed by atoms with Crippen LogP contribution in [-0.4, -0.2) is 46.2 Å². The van der Waals surface area contributed by atoms with Gasteiger partial charge in [0.15, 0.2) is 0 Å². The molecular formula is C15H24N3O4S+. The Labute approximate surface area is 136 Å². The maximum Gasteiger partial charge on any atom is 0.238 e. The van der Waals surface area contributed by atoms with Gasteiger partial charge in [0, 0.05) is 5.69 Å². The molecule has 0 spiro atoms. The van der Waals surface area contributed by atoms with Crippen LogP contribution in [0.4, 0.5) is 5.69 Å². The topological polar surface area (TPSA) is 103 Å². The molecule has 1 aromatic rings. The van der Waals surface area contributed by atoms with Gasteiger partial charge in [0.1, 0.15) is 25.3 Å². The highest BCUT2D eigenvalue weighted by Gasteiger charge is 2.25. The molecule has 1 fully saturated rings. The second-order valence-corrected chi connectivity index (χ2v) is 7.59. The highest BCUT2D eigenvalue weighted by Crippen LogP contribution is 2.12. The van der Waals surface area contributed by atoms with Crippen molar-refractivity contribution < 1.29 is 22.8 Å². The Morgan fingerprint density at radius 2 is 1.83 bits per heavy atom. The highest BCUT2D eigenvalue weighted by molar-refractivity contribution is 7.89. The minimum atomic E-state index is -3.71. The average Bonchev–Trinajstić information content (AvgIpc) is 2.44. The maximum atomic E-state index is 12.0. The van der Waals surface area contributed by atoms with E-state index in [-0.39, 0.29) is 23.0 Å².